The van der Waals surface area contributed by atoms with Crippen molar-refractivity contribution < 1.29 is 49.0 Å². The second-order valence-electron chi connectivity index (χ2n) is 9.97. The van der Waals surface area contributed by atoms with Crippen molar-refractivity contribution in [2.75, 3.05) is 0 Å². The first-order valence-electron chi connectivity index (χ1n) is 12.9. The van der Waals surface area contributed by atoms with Crippen LogP contribution in [0.15, 0.2) is 66.7 Å². The van der Waals surface area contributed by atoms with Gasteiger partial charge in [-0.15, -0.1) is 11.3 Å². The molecule has 0 unspecified atom stereocenters. The van der Waals surface area contributed by atoms with E-state index in [0.717, 1.165) is 21.8 Å². The molecule has 0 fully saturated rings. The molecule has 6 aromatic rings. The Hall–Kier alpha value is -4.78. The number of hydrogen-bond acceptors (Lipinski definition) is 4. The summed E-state index contributed by atoms with van der Waals surface area (Å²) in [5, 5.41) is 0.805. The van der Waals surface area contributed by atoms with E-state index in [1.165, 1.54) is 17.4 Å². The van der Waals surface area contributed by atoms with Gasteiger partial charge in [0.15, 0.2) is 34.8 Å². The Morgan fingerprint density at radius 1 is 0.733 bits per heavy atom. The monoisotopic (exact) mass is 649 g/mol. The second kappa shape index (κ2) is 11.3. The van der Waals surface area contributed by atoms with Gasteiger partial charge in [0.25, 0.3) is 0 Å². The number of benzene rings is 5. The molecular weight excluding hydrogens is 633 g/mol. The van der Waals surface area contributed by atoms with Crippen LogP contribution >= 0.6 is 11.3 Å². The average molecular weight is 650 g/mol. The number of hydrogen-bond donors (Lipinski definition) is 0. The van der Waals surface area contributed by atoms with Gasteiger partial charge in [0.2, 0.25) is 0 Å². The van der Waals surface area contributed by atoms with Gasteiger partial charge in [-0.05, 0) is 59.8 Å². The molecule has 13 heteroatoms. The first kappa shape index (κ1) is 30.3. The molecule has 230 valence electrons. The van der Waals surface area contributed by atoms with E-state index < -0.39 is 76.1 Å². The summed E-state index contributed by atoms with van der Waals surface area (Å²) in [5.74, 6) is -13.8. The predicted molar refractivity (Wildman–Crippen MR) is 149 cm³/mol. The number of rotatable bonds is 7. The average Bonchev–Trinajstić information content (AvgIpc) is 3.38. The molecule has 0 bridgehead atoms. The van der Waals surface area contributed by atoms with Crippen LogP contribution < -0.4 is 9.47 Å². The lowest BCUT2D eigenvalue weighted by molar-refractivity contribution is -0.189. The Morgan fingerprint density at radius 3 is 2.11 bits per heavy atom. The minimum Gasteiger partial charge on any atom is -0.483 e. The van der Waals surface area contributed by atoms with Gasteiger partial charge in [0.05, 0.1) is 10.2 Å². The summed E-state index contributed by atoms with van der Waals surface area (Å²) in [6.45, 7) is 1.11. The zero-order valence-corrected chi connectivity index (χ0v) is 23.4. The molecule has 0 saturated carbocycles. The lowest BCUT2D eigenvalue weighted by Gasteiger charge is -2.20. The van der Waals surface area contributed by atoms with E-state index in [4.69, 9.17) is 4.74 Å². The SMILES string of the molecule is Cc1ccc2nc(-c3ccc4c(F)c(OCc5cc(F)c(C(F)(F)Oc6cc(F)c(F)c(F)c6)c(F)c5)c(F)cc4c3)sc2c1. The van der Waals surface area contributed by atoms with Crippen molar-refractivity contribution in [3.05, 3.63) is 124 Å². The molecule has 0 atom stereocenters. The largest absolute Gasteiger partial charge is 0.483 e. The van der Waals surface area contributed by atoms with Crippen LogP contribution in [0.2, 0.25) is 0 Å². The van der Waals surface area contributed by atoms with Gasteiger partial charge < -0.3 is 9.47 Å². The number of thiazole rings is 1. The van der Waals surface area contributed by atoms with Crippen LogP contribution in [0.3, 0.4) is 0 Å². The minimum atomic E-state index is -4.80. The molecule has 0 aliphatic rings. The lowest BCUT2D eigenvalue weighted by atomic mass is 10.1. The van der Waals surface area contributed by atoms with Gasteiger partial charge >= 0.3 is 6.11 Å². The van der Waals surface area contributed by atoms with Crippen molar-refractivity contribution in [1.82, 2.24) is 4.98 Å². The summed E-state index contributed by atoms with van der Waals surface area (Å²) in [5.41, 5.74) is 0.0916. The lowest BCUT2D eigenvalue weighted by Crippen LogP contribution is -2.25. The van der Waals surface area contributed by atoms with Crippen molar-refractivity contribution in [3.8, 4) is 22.1 Å². The van der Waals surface area contributed by atoms with Crippen molar-refractivity contribution >= 4 is 32.3 Å². The Balaban J connectivity index is 1.23. The first-order chi connectivity index (χ1) is 21.3. The van der Waals surface area contributed by atoms with E-state index in [1.807, 2.05) is 25.1 Å². The van der Waals surface area contributed by atoms with Crippen LogP contribution in [0.4, 0.5) is 39.5 Å². The van der Waals surface area contributed by atoms with Gasteiger partial charge in [-0.3, -0.25) is 0 Å². The Labute approximate surface area is 252 Å². The van der Waals surface area contributed by atoms with E-state index in [9.17, 15) is 35.1 Å². The molecule has 1 aromatic heterocycles. The van der Waals surface area contributed by atoms with Crippen LogP contribution in [0.5, 0.6) is 11.5 Å². The molecule has 0 saturated heterocycles. The summed E-state index contributed by atoms with van der Waals surface area (Å²) < 4.78 is 139. The van der Waals surface area contributed by atoms with Gasteiger partial charge in [-0.25, -0.2) is 35.7 Å². The highest BCUT2D eigenvalue weighted by molar-refractivity contribution is 7.21. The predicted octanol–water partition coefficient (Wildman–Crippen LogP) is 10.1. The third kappa shape index (κ3) is 5.75. The smallest absolute Gasteiger partial charge is 0.432 e. The number of fused-ring (bicyclic) bond motifs is 2. The molecule has 6 rings (SSSR count). The van der Waals surface area contributed by atoms with Crippen LogP contribution in [0, 0.1) is 47.6 Å². The maximum atomic E-state index is 15.3. The highest BCUT2D eigenvalue weighted by atomic mass is 32.1. The number of nitrogens with zero attached hydrogens (tertiary/aromatic N) is 1. The summed E-state index contributed by atoms with van der Waals surface area (Å²) in [6, 6.07) is 12.3. The van der Waals surface area contributed by atoms with Crippen molar-refractivity contribution in [1.29, 1.82) is 0 Å². The zero-order valence-electron chi connectivity index (χ0n) is 22.6. The molecular formula is C32H16F9NO2S. The maximum absolute atomic E-state index is 15.3. The molecule has 0 N–H and O–H groups in total. The Kier molecular flexibility index (Phi) is 7.59. The van der Waals surface area contributed by atoms with Gasteiger partial charge in [0.1, 0.15) is 34.6 Å². The van der Waals surface area contributed by atoms with E-state index in [-0.39, 0.29) is 22.9 Å². The number of aromatic nitrogens is 1. The zero-order chi connectivity index (χ0) is 32.2. The molecule has 5 aromatic carbocycles. The molecule has 0 radical (unpaired) electrons. The highest BCUT2D eigenvalue weighted by Gasteiger charge is 2.41. The molecule has 0 aliphatic heterocycles. The standard InChI is InChI=1S/C32H16F9NO2S/c1-14-2-5-25-26(6-14)45-31(42-25)16-3-4-19-17(9-16)10-24(37)30(28(19)38)43-13-15-7-20(33)27(21(34)8-15)32(40,41)44-18-11-22(35)29(39)23(36)12-18/h2-12H,13H2,1H3. The van der Waals surface area contributed by atoms with Gasteiger partial charge in [-0.1, -0.05) is 18.2 Å². The number of alkyl halides is 2. The molecule has 0 aliphatic carbocycles. The van der Waals surface area contributed by atoms with Crippen LogP contribution in [0.25, 0.3) is 31.6 Å². The van der Waals surface area contributed by atoms with Crippen LogP contribution in [-0.4, -0.2) is 4.98 Å². The normalized spacial score (nSPS) is 11.9. The molecule has 0 spiro atoms. The van der Waals surface area contributed by atoms with Gasteiger partial charge in [-0.2, -0.15) is 8.78 Å². The summed E-state index contributed by atoms with van der Waals surface area (Å²) in [6.07, 6.45) is -4.80. The van der Waals surface area contributed by atoms with Crippen molar-refractivity contribution in [2.24, 2.45) is 0 Å². The van der Waals surface area contributed by atoms with Crippen LogP contribution in [-0.2, 0) is 12.7 Å². The number of ether oxygens (including phenoxy) is 2. The molecule has 0 amide bonds. The fraction of sp³-hybridized carbons (Fsp3) is 0.0938. The summed E-state index contributed by atoms with van der Waals surface area (Å²) >= 11 is 1.41. The van der Waals surface area contributed by atoms with E-state index in [2.05, 4.69) is 9.72 Å². The minimum absolute atomic E-state index is 0.0229. The third-order valence-electron chi connectivity index (χ3n) is 6.76. The number of halogens is 9. The first-order valence-corrected chi connectivity index (χ1v) is 13.7. The van der Waals surface area contributed by atoms with E-state index in [0.29, 0.717) is 22.7 Å². The Morgan fingerprint density at radius 2 is 1.42 bits per heavy atom. The quantitative estimate of drug-likeness (QED) is 0.127. The topological polar surface area (TPSA) is 31.4 Å². The van der Waals surface area contributed by atoms with Crippen LogP contribution in [0.1, 0.15) is 16.7 Å². The fourth-order valence-electron chi connectivity index (χ4n) is 4.66. The summed E-state index contributed by atoms with van der Waals surface area (Å²) in [4.78, 5) is 4.57. The third-order valence-corrected chi connectivity index (χ3v) is 7.82. The molecule has 45 heavy (non-hydrogen) atoms. The molecule has 1 heterocycles. The summed E-state index contributed by atoms with van der Waals surface area (Å²) in [7, 11) is 0. The maximum Gasteiger partial charge on any atom is 0.432 e. The van der Waals surface area contributed by atoms with E-state index in [1.54, 1.807) is 12.1 Å². The van der Waals surface area contributed by atoms with Gasteiger partial charge in [0, 0.05) is 23.1 Å². The highest BCUT2D eigenvalue weighted by Crippen LogP contribution is 2.38. The fourth-order valence-corrected chi connectivity index (χ4v) is 5.72. The number of aryl methyl sites for hydroxylation is 1. The van der Waals surface area contributed by atoms with Crippen molar-refractivity contribution in [2.45, 2.75) is 19.6 Å². The van der Waals surface area contributed by atoms with E-state index >= 15 is 4.39 Å². The van der Waals surface area contributed by atoms with Crippen molar-refractivity contribution in [3.63, 3.8) is 0 Å². The second-order valence-corrected chi connectivity index (χ2v) is 11.0. The molecule has 3 nitrogen and oxygen atoms in total. The Bertz CT molecular complexity index is 2080.